The molecule has 0 aromatic carbocycles. The van der Waals surface area contributed by atoms with Crippen LogP contribution in [-0.4, -0.2) is 19.9 Å². The molecule has 5 nitrogen and oxygen atoms in total. The van der Waals surface area contributed by atoms with Crippen molar-refractivity contribution in [3.05, 3.63) is 108 Å². The molecule has 3 N–H and O–H groups in total. The van der Waals surface area contributed by atoms with Gasteiger partial charge in [0.2, 0.25) is 0 Å². The van der Waals surface area contributed by atoms with E-state index in [0.29, 0.717) is 0 Å². The molecule has 0 spiro atoms. The van der Waals surface area contributed by atoms with Crippen molar-refractivity contribution >= 4 is 46.4 Å². The smallest absolute Gasteiger partial charge is 0.0658 e. The molecule has 3 aromatic heterocycles. The van der Waals surface area contributed by atoms with Crippen LogP contribution in [-0.2, 0) is 17.1 Å². The molecule has 0 radical (unpaired) electrons. The second-order valence-corrected chi connectivity index (χ2v) is 7.17. The summed E-state index contributed by atoms with van der Waals surface area (Å²) in [5.41, 5.74) is 7.86. The number of allylic oxidation sites excluding steroid dienone is 4. The third kappa shape index (κ3) is 5.43. The van der Waals surface area contributed by atoms with Crippen LogP contribution in [0.5, 0.6) is 0 Å². The zero-order valence-electron chi connectivity index (χ0n) is 17.1. The molecule has 8 bridgehead atoms. The van der Waals surface area contributed by atoms with E-state index in [9.17, 15) is 0 Å². The standard InChI is InChI=1S/C20H14N4.C6H7N.Fe/c1-2-14-10-16-5-6-18(23-16)12-20-8-7-19(24-20)11-17-4-3-15(22-17)9-13(1)21-14;1-2-4-6-7-5-3-1;/h1-12,21,24H;1-7H;. The molecule has 0 saturated heterocycles. The molecule has 0 saturated carbocycles. The number of nitrogens with zero attached hydrogens (tertiary/aromatic N) is 2. The second-order valence-electron chi connectivity index (χ2n) is 7.17. The van der Waals surface area contributed by atoms with Crippen LogP contribution in [0, 0.1) is 0 Å². The summed E-state index contributed by atoms with van der Waals surface area (Å²) in [5.74, 6) is 0. The molecule has 32 heavy (non-hydrogen) atoms. The van der Waals surface area contributed by atoms with Crippen LogP contribution in [0.1, 0.15) is 22.8 Å². The van der Waals surface area contributed by atoms with Gasteiger partial charge in [0, 0.05) is 51.5 Å². The van der Waals surface area contributed by atoms with Crippen LogP contribution in [0.2, 0.25) is 0 Å². The summed E-state index contributed by atoms with van der Waals surface area (Å²) in [6, 6.07) is 16.4. The van der Waals surface area contributed by atoms with Crippen molar-refractivity contribution in [2.75, 3.05) is 0 Å². The largest absolute Gasteiger partial charge is 0.368 e. The maximum absolute atomic E-state index is 4.63. The summed E-state index contributed by atoms with van der Waals surface area (Å²) in [5, 5.41) is 2.92. The van der Waals surface area contributed by atoms with Gasteiger partial charge in [0.25, 0.3) is 0 Å². The minimum atomic E-state index is 0. The third-order valence-electron chi connectivity index (χ3n) is 4.76. The summed E-state index contributed by atoms with van der Waals surface area (Å²) in [7, 11) is 0. The zero-order chi connectivity index (χ0) is 20.9. The van der Waals surface area contributed by atoms with Crippen LogP contribution >= 0.6 is 0 Å². The van der Waals surface area contributed by atoms with E-state index in [1.807, 2.05) is 85.3 Å². The Balaban J connectivity index is 0.000000265. The molecule has 6 rings (SSSR count). The van der Waals surface area contributed by atoms with Gasteiger partial charge in [-0.05, 0) is 85.0 Å². The van der Waals surface area contributed by atoms with E-state index in [4.69, 9.17) is 0 Å². The molecule has 6 heteroatoms. The maximum atomic E-state index is 4.63. The third-order valence-corrected chi connectivity index (χ3v) is 4.76. The van der Waals surface area contributed by atoms with Gasteiger partial charge in [0.05, 0.1) is 22.8 Å². The monoisotopic (exact) mass is 459 g/mol. The molecule has 0 aliphatic carbocycles. The molecule has 3 aromatic rings. The van der Waals surface area contributed by atoms with Crippen molar-refractivity contribution < 1.29 is 17.1 Å². The van der Waals surface area contributed by atoms with E-state index in [1.165, 1.54) is 0 Å². The maximum Gasteiger partial charge on any atom is 0.0658 e. The van der Waals surface area contributed by atoms with E-state index in [0.717, 1.165) is 44.8 Å². The molecule has 0 amide bonds. The molecular formula is C26H21FeN5. The number of H-pyrrole nitrogens is 2. The summed E-state index contributed by atoms with van der Waals surface area (Å²) >= 11 is 0. The average molecular weight is 459 g/mol. The van der Waals surface area contributed by atoms with Gasteiger partial charge in [-0.15, -0.1) is 0 Å². The van der Waals surface area contributed by atoms with Crippen molar-refractivity contribution in [3.8, 4) is 0 Å². The van der Waals surface area contributed by atoms with Crippen LogP contribution in [0.4, 0.5) is 0 Å². The molecule has 0 fully saturated rings. The van der Waals surface area contributed by atoms with Crippen molar-refractivity contribution in [2.45, 2.75) is 0 Å². The van der Waals surface area contributed by atoms with E-state index in [2.05, 4.69) is 49.5 Å². The van der Waals surface area contributed by atoms with Crippen LogP contribution < -0.4 is 5.32 Å². The fraction of sp³-hybridized carbons (Fsp3) is 0. The van der Waals surface area contributed by atoms with Gasteiger partial charge in [-0.2, -0.15) is 0 Å². The Bertz CT molecular complexity index is 1230. The first-order chi connectivity index (χ1) is 15.3. The zero-order valence-corrected chi connectivity index (χ0v) is 18.2. The Hall–Kier alpha value is -3.86. The summed E-state index contributed by atoms with van der Waals surface area (Å²) < 4.78 is 0. The van der Waals surface area contributed by atoms with Crippen molar-refractivity contribution in [2.24, 2.45) is 0 Å². The predicted octanol–water partition coefficient (Wildman–Crippen LogP) is 5.83. The minimum Gasteiger partial charge on any atom is -0.368 e. The molecular weight excluding hydrogens is 438 g/mol. The number of aromatic amines is 2. The average Bonchev–Trinajstić information content (AvgIpc) is 3.53. The molecule has 3 aliphatic rings. The quantitative estimate of drug-likeness (QED) is 0.256. The Morgan fingerprint density at radius 3 is 1.16 bits per heavy atom. The number of nitrogens with one attached hydrogen (secondary N) is 3. The molecule has 6 heterocycles. The summed E-state index contributed by atoms with van der Waals surface area (Å²) in [6.45, 7) is 0. The number of rotatable bonds is 0. The summed E-state index contributed by atoms with van der Waals surface area (Å²) in [4.78, 5) is 16.0. The Morgan fingerprint density at radius 2 is 0.812 bits per heavy atom. The van der Waals surface area contributed by atoms with Gasteiger partial charge in [0.1, 0.15) is 0 Å². The van der Waals surface area contributed by atoms with Gasteiger partial charge in [-0.1, -0.05) is 12.2 Å². The van der Waals surface area contributed by atoms with Gasteiger partial charge >= 0.3 is 0 Å². The van der Waals surface area contributed by atoms with Gasteiger partial charge < -0.3 is 15.3 Å². The van der Waals surface area contributed by atoms with Crippen LogP contribution in [0.15, 0.2) is 85.2 Å². The second kappa shape index (κ2) is 9.96. The predicted molar refractivity (Wildman–Crippen MR) is 129 cm³/mol. The first kappa shape index (κ1) is 21.4. The topological polar surface area (TPSA) is 69.4 Å². The van der Waals surface area contributed by atoms with E-state index in [-0.39, 0.29) is 17.1 Å². The minimum absolute atomic E-state index is 0. The van der Waals surface area contributed by atoms with Crippen LogP contribution in [0.3, 0.4) is 0 Å². The van der Waals surface area contributed by atoms with Gasteiger partial charge in [-0.25, -0.2) is 9.97 Å². The van der Waals surface area contributed by atoms with E-state index in [1.54, 1.807) is 0 Å². The van der Waals surface area contributed by atoms with Gasteiger partial charge in [-0.3, -0.25) is 0 Å². The number of hydrogen-bond donors (Lipinski definition) is 3. The molecule has 0 atom stereocenters. The Labute approximate surface area is 196 Å². The van der Waals surface area contributed by atoms with Crippen LogP contribution in [0.25, 0.3) is 46.4 Å². The van der Waals surface area contributed by atoms with Gasteiger partial charge in [0.15, 0.2) is 0 Å². The van der Waals surface area contributed by atoms with Crippen molar-refractivity contribution in [3.63, 3.8) is 0 Å². The number of aromatic nitrogens is 4. The first-order valence-electron chi connectivity index (χ1n) is 10.1. The SMILES string of the molecule is C1=CC=CNC=C1.C1=Cc2cc3ccc(cc4nc(cc5ccc(cc1n2)[nH]5)C=C4)[nH]3.[Fe]. The Morgan fingerprint density at radius 1 is 0.469 bits per heavy atom. The number of fused-ring (bicyclic) bond motifs is 8. The normalized spacial score (nSPS) is 13.0. The van der Waals surface area contributed by atoms with Crippen molar-refractivity contribution in [1.82, 2.24) is 25.3 Å². The molecule has 0 unspecified atom stereocenters. The van der Waals surface area contributed by atoms with E-state index < -0.39 is 0 Å². The Kier molecular flexibility index (Phi) is 6.66. The van der Waals surface area contributed by atoms with Crippen molar-refractivity contribution in [1.29, 1.82) is 0 Å². The fourth-order valence-electron chi connectivity index (χ4n) is 3.35. The van der Waals surface area contributed by atoms with E-state index >= 15 is 0 Å². The first-order valence-corrected chi connectivity index (χ1v) is 10.1. The molecule has 3 aliphatic heterocycles. The fourth-order valence-corrected chi connectivity index (χ4v) is 3.35. The summed E-state index contributed by atoms with van der Waals surface area (Å²) in [6.07, 6.45) is 19.7. The molecule has 158 valence electrons. The number of hydrogen-bond acceptors (Lipinski definition) is 3.